The van der Waals surface area contributed by atoms with Gasteiger partial charge in [-0.2, -0.15) is 0 Å². The third kappa shape index (κ3) is 5.31. The molecular weight excluding hydrogens is 546 g/mol. The minimum atomic E-state index is -3.92. The molecule has 0 atom stereocenters. The number of hydrogen-bond donors (Lipinski definition) is 0. The van der Waals surface area contributed by atoms with Crippen LogP contribution in [0.15, 0.2) is 84.0 Å². The summed E-state index contributed by atoms with van der Waals surface area (Å²) >= 11 is 0. The van der Waals surface area contributed by atoms with Crippen LogP contribution in [0.25, 0.3) is 33.4 Å². The van der Waals surface area contributed by atoms with Gasteiger partial charge in [0.15, 0.2) is 5.65 Å². The van der Waals surface area contributed by atoms with E-state index < -0.39 is 10.0 Å². The van der Waals surface area contributed by atoms with Crippen LogP contribution in [0.3, 0.4) is 0 Å². The normalized spacial score (nSPS) is 14.9. The number of ether oxygens (including phenoxy) is 1. The standard InChI is InChI=1S/C33H35N5O3S/c1-23-5-12-29(13-6-23)42(39,40)38-24(2)32(31-14-11-28(41-4)21-34-31)30-19-27(20-35-33(30)38)26-9-7-25(8-10-26)22-37-17-15-36(3)16-18-37/h5-14,19-21H,15-18,22H2,1-4H3. The Kier molecular flexibility index (Phi) is 7.57. The Hall–Kier alpha value is -4.05. The van der Waals surface area contributed by atoms with Crippen molar-refractivity contribution < 1.29 is 13.2 Å². The van der Waals surface area contributed by atoms with E-state index in [2.05, 4.69) is 46.1 Å². The lowest BCUT2D eigenvalue weighted by molar-refractivity contribution is 0.148. The first-order valence-corrected chi connectivity index (χ1v) is 15.5. The van der Waals surface area contributed by atoms with Crippen LogP contribution >= 0.6 is 0 Å². The SMILES string of the molecule is COc1ccc(-c2c(C)n(S(=O)(=O)c3ccc(C)cc3)c3ncc(-c4ccc(CN5CCN(C)CC5)cc4)cc23)nc1. The minimum Gasteiger partial charge on any atom is -0.495 e. The van der Waals surface area contributed by atoms with Gasteiger partial charge in [0, 0.05) is 61.1 Å². The summed E-state index contributed by atoms with van der Waals surface area (Å²) in [5, 5.41) is 0.722. The average molecular weight is 582 g/mol. The molecule has 0 bridgehead atoms. The molecule has 0 aliphatic carbocycles. The fourth-order valence-electron chi connectivity index (χ4n) is 5.57. The summed E-state index contributed by atoms with van der Waals surface area (Å²) < 4.78 is 34.6. The summed E-state index contributed by atoms with van der Waals surface area (Å²) in [5.74, 6) is 0.628. The highest BCUT2D eigenvalue weighted by molar-refractivity contribution is 7.90. The van der Waals surface area contributed by atoms with Gasteiger partial charge >= 0.3 is 0 Å². The first kappa shape index (κ1) is 28.1. The fraction of sp³-hybridized carbons (Fsp3) is 0.273. The number of piperazine rings is 1. The Morgan fingerprint density at radius 1 is 0.833 bits per heavy atom. The van der Waals surface area contributed by atoms with Gasteiger partial charge in [-0.15, -0.1) is 0 Å². The monoisotopic (exact) mass is 581 g/mol. The molecule has 0 unspecified atom stereocenters. The van der Waals surface area contributed by atoms with Crippen LogP contribution in [0.4, 0.5) is 0 Å². The molecule has 42 heavy (non-hydrogen) atoms. The van der Waals surface area contributed by atoms with Gasteiger partial charge in [-0.3, -0.25) is 9.88 Å². The van der Waals surface area contributed by atoms with Gasteiger partial charge in [0.25, 0.3) is 10.0 Å². The highest BCUT2D eigenvalue weighted by atomic mass is 32.2. The van der Waals surface area contributed by atoms with Gasteiger partial charge in [-0.25, -0.2) is 17.4 Å². The van der Waals surface area contributed by atoms with Crippen molar-refractivity contribution in [3.8, 4) is 28.1 Å². The van der Waals surface area contributed by atoms with Crippen LogP contribution in [0, 0.1) is 13.8 Å². The first-order valence-electron chi connectivity index (χ1n) is 14.1. The molecule has 1 aliphatic rings. The summed E-state index contributed by atoms with van der Waals surface area (Å²) in [6.45, 7) is 8.99. The van der Waals surface area contributed by atoms with Crippen LogP contribution < -0.4 is 4.74 Å². The molecule has 0 N–H and O–H groups in total. The van der Waals surface area contributed by atoms with Crippen molar-refractivity contribution >= 4 is 21.1 Å². The summed E-state index contributed by atoms with van der Waals surface area (Å²) in [6.07, 6.45) is 3.40. The number of hydrogen-bond acceptors (Lipinski definition) is 7. The van der Waals surface area contributed by atoms with Crippen molar-refractivity contribution in [1.82, 2.24) is 23.7 Å². The number of aryl methyl sites for hydroxylation is 1. The predicted molar refractivity (Wildman–Crippen MR) is 166 cm³/mol. The molecule has 0 spiro atoms. The van der Waals surface area contributed by atoms with Gasteiger partial charge in [0.05, 0.1) is 23.9 Å². The molecule has 2 aromatic carbocycles. The number of benzene rings is 2. The maximum Gasteiger partial charge on any atom is 0.269 e. The summed E-state index contributed by atoms with van der Waals surface area (Å²) in [7, 11) is -0.160. The van der Waals surface area contributed by atoms with E-state index in [1.807, 2.05) is 32.0 Å². The molecule has 1 saturated heterocycles. The largest absolute Gasteiger partial charge is 0.495 e. The van der Waals surface area contributed by atoms with E-state index >= 15 is 0 Å². The molecule has 1 fully saturated rings. The second-order valence-corrected chi connectivity index (χ2v) is 12.8. The summed E-state index contributed by atoms with van der Waals surface area (Å²) in [4.78, 5) is 14.4. The van der Waals surface area contributed by atoms with E-state index in [9.17, 15) is 8.42 Å². The van der Waals surface area contributed by atoms with Crippen LogP contribution in [0.1, 0.15) is 16.8 Å². The second kappa shape index (κ2) is 11.3. The van der Waals surface area contributed by atoms with Crippen molar-refractivity contribution in [2.24, 2.45) is 0 Å². The van der Waals surface area contributed by atoms with E-state index in [0.717, 1.165) is 60.4 Å². The number of pyridine rings is 2. The molecule has 0 saturated carbocycles. The second-order valence-electron chi connectivity index (χ2n) is 11.0. The zero-order valence-corrected chi connectivity index (χ0v) is 25.2. The highest BCUT2D eigenvalue weighted by Crippen LogP contribution is 2.37. The number of rotatable bonds is 7. The van der Waals surface area contributed by atoms with Crippen molar-refractivity contribution in [2.75, 3.05) is 40.3 Å². The van der Waals surface area contributed by atoms with Crippen LogP contribution in [-0.4, -0.2) is 72.5 Å². The molecule has 9 heteroatoms. The molecular formula is C33H35N5O3S. The van der Waals surface area contributed by atoms with Gasteiger partial charge in [-0.1, -0.05) is 42.0 Å². The lowest BCUT2D eigenvalue weighted by Gasteiger charge is -2.32. The Labute approximate surface area is 247 Å². The smallest absolute Gasteiger partial charge is 0.269 e. The van der Waals surface area contributed by atoms with Gasteiger partial charge in [-0.05, 0) is 62.4 Å². The fourth-order valence-corrected chi connectivity index (χ4v) is 7.08. The zero-order chi connectivity index (χ0) is 29.4. The minimum absolute atomic E-state index is 0.212. The molecule has 3 aromatic heterocycles. The van der Waals surface area contributed by atoms with Gasteiger partial charge in [0.2, 0.25) is 0 Å². The Morgan fingerprint density at radius 3 is 2.19 bits per heavy atom. The van der Waals surface area contributed by atoms with Crippen molar-refractivity contribution in [1.29, 1.82) is 0 Å². The first-order chi connectivity index (χ1) is 20.2. The Balaban J connectivity index is 1.43. The molecule has 0 radical (unpaired) electrons. The lowest BCUT2D eigenvalue weighted by atomic mass is 10.0. The average Bonchev–Trinajstić information content (AvgIpc) is 3.30. The van der Waals surface area contributed by atoms with Gasteiger partial charge in [0.1, 0.15) is 5.75 Å². The molecule has 0 amide bonds. The maximum absolute atomic E-state index is 14.0. The zero-order valence-electron chi connectivity index (χ0n) is 24.4. The number of likely N-dealkylation sites (N-methyl/N-ethyl adjacent to an activating group) is 1. The van der Waals surface area contributed by atoms with E-state index in [1.54, 1.807) is 43.8 Å². The molecule has 216 valence electrons. The van der Waals surface area contributed by atoms with Crippen LogP contribution in [0.2, 0.25) is 0 Å². The van der Waals surface area contributed by atoms with Crippen molar-refractivity contribution in [3.63, 3.8) is 0 Å². The van der Waals surface area contributed by atoms with Gasteiger partial charge < -0.3 is 9.64 Å². The molecule has 6 rings (SSSR count). The number of nitrogens with zero attached hydrogens (tertiary/aromatic N) is 5. The Bertz CT molecular complexity index is 1820. The lowest BCUT2D eigenvalue weighted by Crippen LogP contribution is -2.43. The predicted octanol–water partition coefficient (Wildman–Crippen LogP) is 5.38. The highest BCUT2D eigenvalue weighted by Gasteiger charge is 2.27. The van der Waals surface area contributed by atoms with Crippen molar-refractivity contribution in [3.05, 3.63) is 95.9 Å². The topological polar surface area (TPSA) is 80.6 Å². The van der Waals surface area contributed by atoms with Crippen LogP contribution in [0.5, 0.6) is 5.75 Å². The van der Waals surface area contributed by atoms with Crippen molar-refractivity contribution in [2.45, 2.75) is 25.3 Å². The third-order valence-electron chi connectivity index (χ3n) is 8.07. The number of aromatic nitrogens is 3. The molecule has 4 heterocycles. The van der Waals surface area contributed by atoms with Crippen LogP contribution in [-0.2, 0) is 16.6 Å². The number of methoxy groups -OCH3 is 1. The number of fused-ring (bicyclic) bond motifs is 1. The molecule has 1 aliphatic heterocycles. The van der Waals surface area contributed by atoms with E-state index in [1.165, 1.54) is 9.54 Å². The summed E-state index contributed by atoms with van der Waals surface area (Å²) in [6, 6.07) is 21.2. The summed E-state index contributed by atoms with van der Waals surface area (Å²) in [5.41, 5.74) is 6.49. The van der Waals surface area contributed by atoms with E-state index in [0.29, 0.717) is 22.8 Å². The Morgan fingerprint density at radius 2 is 1.55 bits per heavy atom. The van der Waals surface area contributed by atoms with E-state index in [4.69, 9.17) is 9.72 Å². The molecule has 8 nitrogen and oxygen atoms in total. The third-order valence-corrected chi connectivity index (χ3v) is 9.87. The maximum atomic E-state index is 14.0. The molecule has 5 aromatic rings. The quantitative estimate of drug-likeness (QED) is 0.256. The van der Waals surface area contributed by atoms with E-state index in [-0.39, 0.29) is 4.90 Å².